The van der Waals surface area contributed by atoms with Crippen LogP contribution in [-0.4, -0.2) is 23.2 Å². The molecule has 1 heterocycles. The van der Waals surface area contributed by atoms with E-state index in [4.69, 9.17) is 4.74 Å². The first-order valence-corrected chi connectivity index (χ1v) is 8.13. The molecule has 1 amide bonds. The molecule has 0 saturated heterocycles. The predicted molar refractivity (Wildman–Crippen MR) is 97.6 cm³/mol. The van der Waals surface area contributed by atoms with Crippen molar-refractivity contribution in [3.8, 4) is 16.9 Å². The minimum Gasteiger partial charge on any atom is -0.497 e. The third-order valence-corrected chi connectivity index (χ3v) is 4.24. The van der Waals surface area contributed by atoms with E-state index in [1.54, 1.807) is 13.3 Å². The third kappa shape index (κ3) is 3.71. The Morgan fingerprint density at radius 2 is 2.04 bits per heavy atom. The molecule has 0 aliphatic heterocycles. The van der Waals surface area contributed by atoms with Crippen molar-refractivity contribution in [2.24, 2.45) is 0 Å². The van der Waals surface area contributed by atoms with E-state index in [2.05, 4.69) is 15.5 Å². The van der Waals surface area contributed by atoms with Gasteiger partial charge < -0.3 is 10.1 Å². The summed E-state index contributed by atoms with van der Waals surface area (Å²) in [5.41, 5.74) is 4.62. The highest BCUT2D eigenvalue weighted by atomic mass is 16.5. The van der Waals surface area contributed by atoms with Gasteiger partial charge in [-0.1, -0.05) is 24.3 Å². The van der Waals surface area contributed by atoms with Gasteiger partial charge in [0.15, 0.2) is 0 Å². The maximum absolute atomic E-state index is 12.6. The number of carbonyl (C=O) groups excluding carboxylic acids is 1. The molecule has 0 aliphatic rings. The maximum Gasteiger partial charge on any atom is 0.252 e. The summed E-state index contributed by atoms with van der Waals surface area (Å²) in [5.74, 6) is 0.686. The van der Waals surface area contributed by atoms with Crippen LogP contribution in [-0.2, 0) is 0 Å². The first kappa shape index (κ1) is 16.8. The van der Waals surface area contributed by atoms with Crippen molar-refractivity contribution in [3.05, 3.63) is 71.5 Å². The van der Waals surface area contributed by atoms with Crippen molar-refractivity contribution >= 4 is 5.91 Å². The second-order valence-electron chi connectivity index (χ2n) is 5.99. The minimum absolute atomic E-state index is 0.0911. The molecule has 0 unspecified atom stereocenters. The van der Waals surface area contributed by atoms with Crippen LogP contribution in [0.15, 0.2) is 54.9 Å². The Morgan fingerprint density at radius 3 is 2.72 bits per heavy atom. The predicted octanol–water partition coefficient (Wildman–Crippen LogP) is 3.88. The van der Waals surface area contributed by atoms with Crippen LogP contribution in [0.4, 0.5) is 0 Å². The number of aromatic nitrogens is 2. The number of benzene rings is 2. The number of H-pyrrole nitrogens is 1. The van der Waals surface area contributed by atoms with Gasteiger partial charge >= 0.3 is 0 Å². The normalized spacial score (nSPS) is 11.8. The zero-order valence-electron chi connectivity index (χ0n) is 14.5. The molecule has 2 N–H and O–H groups in total. The van der Waals surface area contributed by atoms with Crippen LogP contribution in [0.1, 0.15) is 34.5 Å². The van der Waals surface area contributed by atoms with Crippen LogP contribution in [0.5, 0.6) is 5.75 Å². The molecule has 0 spiro atoms. The van der Waals surface area contributed by atoms with Crippen LogP contribution in [0.3, 0.4) is 0 Å². The minimum atomic E-state index is -0.115. The summed E-state index contributed by atoms with van der Waals surface area (Å²) in [5, 5.41) is 9.80. The molecule has 0 aliphatic carbocycles. The molecule has 3 rings (SSSR count). The first-order valence-electron chi connectivity index (χ1n) is 8.13. The van der Waals surface area contributed by atoms with Gasteiger partial charge in [-0.05, 0) is 48.7 Å². The van der Waals surface area contributed by atoms with Gasteiger partial charge in [0.1, 0.15) is 5.75 Å². The number of aryl methyl sites for hydroxylation is 1. The Hall–Kier alpha value is -3.08. The molecule has 2 aromatic carbocycles. The molecular weight excluding hydrogens is 314 g/mol. The van der Waals surface area contributed by atoms with Crippen LogP contribution in [0.2, 0.25) is 0 Å². The van der Waals surface area contributed by atoms with E-state index < -0.39 is 0 Å². The van der Waals surface area contributed by atoms with Crippen molar-refractivity contribution < 1.29 is 9.53 Å². The Bertz CT molecular complexity index is 872. The molecule has 3 aromatic rings. The Morgan fingerprint density at radius 1 is 1.20 bits per heavy atom. The lowest BCUT2D eigenvalue weighted by Crippen LogP contribution is -2.27. The van der Waals surface area contributed by atoms with Gasteiger partial charge in [-0.3, -0.25) is 9.89 Å². The summed E-state index contributed by atoms with van der Waals surface area (Å²) in [6, 6.07) is 13.4. The SMILES string of the molecule is COc1cccc([C@@H](C)NC(=O)c2ccc(-c3cn[nH]c3)cc2C)c1. The highest BCUT2D eigenvalue weighted by molar-refractivity contribution is 5.96. The molecule has 1 aromatic heterocycles. The maximum atomic E-state index is 12.6. The molecule has 0 bridgehead atoms. The fourth-order valence-corrected chi connectivity index (χ4v) is 2.78. The van der Waals surface area contributed by atoms with Gasteiger partial charge in [0.2, 0.25) is 0 Å². The lowest BCUT2D eigenvalue weighted by atomic mass is 10.0. The van der Waals surface area contributed by atoms with Crippen LogP contribution in [0.25, 0.3) is 11.1 Å². The number of ether oxygens (including phenoxy) is 1. The van der Waals surface area contributed by atoms with Crippen molar-refractivity contribution in [3.63, 3.8) is 0 Å². The number of nitrogens with zero attached hydrogens (tertiary/aromatic N) is 1. The number of amides is 1. The molecule has 5 nitrogen and oxygen atoms in total. The fraction of sp³-hybridized carbons (Fsp3) is 0.200. The van der Waals surface area contributed by atoms with E-state index in [-0.39, 0.29) is 11.9 Å². The van der Waals surface area contributed by atoms with E-state index >= 15 is 0 Å². The first-order chi connectivity index (χ1) is 12.1. The number of carbonyl (C=O) groups is 1. The van der Waals surface area contributed by atoms with Gasteiger partial charge in [-0.25, -0.2) is 0 Å². The molecule has 0 saturated carbocycles. The topological polar surface area (TPSA) is 67.0 Å². The number of rotatable bonds is 5. The van der Waals surface area contributed by atoms with Gasteiger partial charge in [0, 0.05) is 17.3 Å². The Balaban J connectivity index is 1.76. The number of methoxy groups -OCH3 is 1. The second kappa shape index (κ2) is 7.21. The summed E-state index contributed by atoms with van der Waals surface area (Å²) in [4.78, 5) is 12.6. The molecule has 0 fully saturated rings. The van der Waals surface area contributed by atoms with Gasteiger partial charge in [-0.15, -0.1) is 0 Å². The Labute approximate surface area is 147 Å². The van der Waals surface area contributed by atoms with Gasteiger partial charge in [-0.2, -0.15) is 5.10 Å². The standard InChI is InChI=1S/C20H21N3O2/c1-13-9-16(17-11-21-22-12-17)7-8-19(13)20(24)23-14(2)15-5-4-6-18(10-15)25-3/h4-12,14H,1-3H3,(H,21,22)(H,23,24)/t14-/m1/s1. The lowest BCUT2D eigenvalue weighted by molar-refractivity contribution is 0.0939. The number of aromatic amines is 1. The molecule has 1 atom stereocenters. The van der Waals surface area contributed by atoms with Crippen LogP contribution in [0, 0.1) is 6.92 Å². The highest BCUT2D eigenvalue weighted by Gasteiger charge is 2.14. The average molecular weight is 335 g/mol. The molecular formula is C20H21N3O2. The van der Waals surface area contributed by atoms with Crippen molar-refractivity contribution in [2.45, 2.75) is 19.9 Å². The highest BCUT2D eigenvalue weighted by Crippen LogP contribution is 2.23. The Kier molecular flexibility index (Phi) is 4.84. The van der Waals surface area contributed by atoms with E-state index in [1.807, 2.05) is 62.5 Å². The largest absolute Gasteiger partial charge is 0.497 e. The van der Waals surface area contributed by atoms with E-state index in [1.165, 1.54) is 0 Å². The van der Waals surface area contributed by atoms with Crippen molar-refractivity contribution in [2.75, 3.05) is 7.11 Å². The zero-order chi connectivity index (χ0) is 17.8. The summed E-state index contributed by atoms with van der Waals surface area (Å²) >= 11 is 0. The number of hydrogen-bond acceptors (Lipinski definition) is 3. The molecule has 5 heteroatoms. The molecule has 0 radical (unpaired) electrons. The zero-order valence-corrected chi connectivity index (χ0v) is 14.5. The van der Waals surface area contributed by atoms with Crippen LogP contribution >= 0.6 is 0 Å². The summed E-state index contributed by atoms with van der Waals surface area (Å²) in [6.45, 7) is 3.90. The van der Waals surface area contributed by atoms with Crippen LogP contribution < -0.4 is 10.1 Å². The van der Waals surface area contributed by atoms with Gasteiger partial charge in [0.05, 0.1) is 19.3 Å². The average Bonchev–Trinajstić information content (AvgIpc) is 3.16. The van der Waals surface area contributed by atoms with Crippen molar-refractivity contribution in [1.29, 1.82) is 0 Å². The molecule has 128 valence electrons. The van der Waals surface area contributed by atoms with E-state index in [9.17, 15) is 4.79 Å². The monoisotopic (exact) mass is 335 g/mol. The van der Waals surface area contributed by atoms with Gasteiger partial charge in [0.25, 0.3) is 5.91 Å². The summed E-state index contributed by atoms with van der Waals surface area (Å²) in [6.07, 6.45) is 3.60. The molecule has 25 heavy (non-hydrogen) atoms. The fourth-order valence-electron chi connectivity index (χ4n) is 2.78. The van der Waals surface area contributed by atoms with E-state index in [0.717, 1.165) is 28.0 Å². The summed E-state index contributed by atoms with van der Waals surface area (Å²) in [7, 11) is 1.63. The quantitative estimate of drug-likeness (QED) is 0.743. The number of hydrogen-bond donors (Lipinski definition) is 2. The lowest BCUT2D eigenvalue weighted by Gasteiger charge is -2.16. The second-order valence-corrected chi connectivity index (χ2v) is 5.99. The number of nitrogens with one attached hydrogen (secondary N) is 2. The summed E-state index contributed by atoms with van der Waals surface area (Å²) < 4.78 is 5.24. The smallest absolute Gasteiger partial charge is 0.252 e. The van der Waals surface area contributed by atoms with Crippen molar-refractivity contribution in [1.82, 2.24) is 15.5 Å². The third-order valence-electron chi connectivity index (χ3n) is 4.24. The van der Waals surface area contributed by atoms with E-state index in [0.29, 0.717) is 5.56 Å².